The molecule has 0 spiro atoms. The van der Waals surface area contributed by atoms with Crippen molar-refractivity contribution in [1.82, 2.24) is 5.32 Å². The molecule has 1 amide bonds. The fraction of sp³-hybridized carbons (Fsp3) is 0.409. The van der Waals surface area contributed by atoms with Crippen LogP contribution >= 0.6 is 11.6 Å². The highest BCUT2D eigenvalue weighted by molar-refractivity contribution is 7.92. The SMILES string of the molecule is CC[C@H](C(=O)N[C@H](C)c1cc(OC)ccc1OC)N(c1cc(Cl)ccc1C)S(C)(=O)=O. The van der Waals surface area contributed by atoms with Gasteiger partial charge in [0.15, 0.2) is 0 Å². The molecule has 2 aromatic carbocycles. The van der Waals surface area contributed by atoms with Crippen LogP contribution in [0.1, 0.15) is 37.4 Å². The largest absolute Gasteiger partial charge is 0.497 e. The van der Waals surface area contributed by atoms with Gasteiger partial charge in [-0.2, -0.15) is 0 Å². The van der Waals surface area contributed by atoms with Crippen LogP contribution in [0.5, 0.6) is 11.5 Å². The molecule has 2 atom stereocenters. The van der Waals surface area contributed by atoms with E-state index in [9.17, 15) is 13.2 Å². The lowest BCUT2D eigenvalue weighted by Gasteiger charge is -2.32. The first-order valence-electron chi connectivity index (χ1n) is 9.81. The summed E-state index contributed by atoms with van der Waals surface area (Å²) >= 11 is 6.12. The summed E-state index contributed by atoms with van der Waals surface area (Å²) in [5.41, 5.74) is 1.79. The minimum Gasteiger partial charge on any atom is -0.497 e. The van der Waals surface area contributed by atoms with E-state index in [-0.39, 0.29) is 6.42 Å². The minimum absolute atomic E-state index is 0.271. The normalized spacial score (nSPS) is 13.3. The Morgan fingerprint density at radius 2 is 1.84 bits per heavy atom. The second-order valence-corrected chi connectivity index (χ2v) is 9.55. The van der Waals surface area contributed by atoms with Gasteiger partial charge in [0.25, 0.3) is 0 Å². The van der Waals surface area contributed by atoms with Crippen LogP contribution in [0.2, 0.25) is 5.02 Å². The molecule has 170 valence electrons. The lowest BCUT2D eigenvalue weighted by Crippen LogP contribution is -2.50. The first kappa shape index (κ1) is 24.8. The van der Waals surface area contributed by atoms with Gasteiger partial charge in [-0.3, -0.25) is 9.10 Å². The number of benzene rings is 2. The number of hydrogen-bond donors (Lipinski definition) is 1. The molecule has 0 bridgehead atoms. The lowest BCUT2D eigenvalue weighted by atomic mass is 10.1. The van der Waals surface area contributed by atoms with Crippen molar-refractivity contribution in [1.29, 1.82) is 0 Å². The number of methoxy groups -OCH3 is 2. The summed E-state index contributed by atoms with van der Waals surface area (Å²) in [6, 6.07) is 8.86. The number of nitrogens with zero attached hydrogens (tertiary/aromatic N) is 1. The number of ether oxygens (including phenoxy) is 2. The van der Waals surface area contributed by atoms with Gasteiger partial charge >= 0.3 is 0 Å². The van der Waals surface area contributed by atoms with E-state index in [4.69, 9.17) is 21.1 Å². The van der Waals surface area contributed by atoms with E-state index < -0.39 is 28.0 Å². The third-order valence-electron chi connectivity index (χ3n) is 5.00. The zero-order chi connectivity index (χ0) is 23.3. The third-order valence-corrected chi connectivity index (χ3v) is 6.40. The van der Waals surface area contributed by atoms with Crippen LogP contribution in [-0.2, 0) is 14.8 Å². The van der Waals surface area contributed by atoms with Crippen LogP contribution < -0.4 is 19.1 Å². The van der Waals surface area contributed by atoms with Gasteiger partial charge in [-0.25, -0.2) is 8.42 Å². The number of rotatable bonds is 9. The van der Waals surface area contributed by atoms with Gasteiger partial charge in [0.1, 0.15) is 17.5 Å². The molecule has 0 aliphatic rings. The predicted octanol–water partition coefficient (Wildman–Crippen LogP) is 4.09. The Morgan fingerprint density at radius 3 is 2.39 bits per heavy atom. The fourth-order valence-corrected chi connectivity index (χ4v) is 4.85. The summed E-state index contributed by atoms with van der Waals surface area (Å²) in [6.45, 7) is 5.34. The molecular formula is C22H29ClN2O5S. The molecule has 0 saturated heterocycles. The molecule has 0 aliphatic carbocycles. The number of amides is 1. The molecule has 0 radical (unpaired) electrons. The molecule has 0 saturated carbocycles. The summed E-state index contributed by atoms with van der Waals surface area (Å²) in [5.74, 6) is 0.785. The number of halogens is 1. The van der Waals surface area contributed by atoms with Crippen molar-refractivity contribution in [3.05, 3.63) is 52.5 Å². The van der Waals surface area contributed by atoms with Crippen molar-refractivity contribution >= 4 is 33.2 Å². The smallest absolute Gasteiger partial charge is 0.244 e. The zero-order valence-electron chi connectivity index (χ0n) is 18.6. The molecule has 2 rings (SSSR count). The van der Waals surface area contributed by atoms with E-state index in [0.717, 1.165) is 16.1 Å². The number of hydrogen-bond acceptors (Lipinski definition) is 5. The quantitative estimate of drug-likeness (QED) is 0.599. The van der Waals surface area contributed by atoms with Crippen molar-refractivity contribution in [3.8, 4) is 11.5 Å². The monoisotopic (exact) mass is 468 g/mol. The van der Waals surface area contributed by atoms with Gasteiger partial charge in [-0.05, 0) is 56.2 Å². The molecule has 0 unspecified atom stereocenters. The van der Waals surface area contributed by atoms with Crippen LogP contribution in [0.4, 0.5) is 5.69 Å². The van der Waals surface area contributed by atoms with E-state index >= 15 is 0 Å². The van der Waals surface area contributed by atoms with Crippen LogP contribution in [-0.4, -0.2) is 40.8 Å². The Kier molecular flexibility index (Phi) is 8.20. The molecule has 31 heavy (non-hydrogen) atoms. The fourth-order valence-electron chi connectivity index (χ4n) is 3.42. The number of nitrogens with one attached hydrogen (secondary N) is 1. The van der Waals surface area contributed by atoms with E-state index in [2.05, 4.69) is 5.32 Å². The van der Waals surface area contributed by atoms with E-state index in [0.29, 0.717) is 27.8 Å². The Bertz CT molecular complexity index is 1040. The lowest BCUT2D eigenvalue weighted by molar-refractivity contribution is -0.122. The molecule has 0 aliphatic heterocycles. The average molecular weight is 469 g/mol. The van der Waals surface area contributed by atoms with Gasteiger partial charge in [0.05, 0.1) is 32.2 Å². The van der Waals surface area contributed by atoms with Crippen molar-refractivity contribution in [2.45, 2.75) is 39.3 Å². The predicted molar refractivity (Wildman–Crippen MR) is 124 cm³/mol. The van der Waals surface area contributed by atoms with Gasteiger partial charge < -0.3 is 14.8 Å². The average Bonchev–Trinajstić information content (AvgIpc) is 2.72. The molecule has 9 heteroatoms. The second-order valence-electron chi connectivity index (χ2n) is 7.25. The maximum Gasteiger partial charge on any atom is 0.244 e. The van der Waals surface area contributed by atoms with Crippen LogP contribution in [0.15, 0.2) is 36.4 Å². The molecule has 1 N–H and O–H groups in total. The molecule has 0 aromatic heterocycles. The highest BCUT2D eigenvalue weighted by Crippen LogP contribution is 2.31. The van der Waals surface area contributed by atoms with Gasteiger partial charge in [-0.15, -0.1) is 0 Å². The molecule has 2 aromatic rings. The molecule has 0 fully saturated rings. The van der Waals surface area contributed by atoms with Crippen molar-refractivity contribution in [2.24, 2.45) is 0 Å². The van der Waals surface area contributed by atoms with Crippen molar-refractivity contribution in [2.75, 3.05) is 24.8 Å². The van der Waals surface area contributed by atoms with Crippen LogP contribution in [0.3, 0.4) is 0 Å². The highest BCUT2D eigenvalue weighted by Gasteiger charge is 2.33. The highest BCUT2D eigenvalue weighted by atomic mass is 35.5. The topological polar surface area (TPSA) is 84.9 Å². The van der Waals surface area contributed by atoms with Gasteiger partial charge in [-0.1, -0.05) is 24.6 Å². The Labute approximate surface area is 189 Å². The number of sulfonamides is 1. The summed E-state index contributed by atoms with van der Waals surface area (Å²) in [7, 11) is -0.670. The van der Waals surface area contributed by atoms with Crippen LogP contribution in [0.25, 0.3) is 0 Å². The summed E-state index contributed by atoms with van der Waals surface area (Å²) in [5, 5.41) is 3.30. The van der Waals surface area contributed by atoms with Gasteiger partial charge in [0, 0.05) is 10.6 Å². The number of anilines is 1. The Balaban J connectivity index is 2.42. The number of carbonyl (C=O) groups is 1. The third kappa shape index (κ3) is 5.83. The minimum atomic E-state index is -3.77. The summed E-state index contributed by atoms with van der Waals surface area (Å²) < 4.78 is 37.2. The van der Waals surface area contributed by atoms with Crippen LogP contribution in [0, 0.1) is 6.92 Å². The first-order valence-corrected chi connectivity index (χ1v) is 12.0. The molecular weight excluding hydrogens is 440 g/mol. The van der Waals surface area contributed by atoms with E-state index in [1.807, 2.05) is 0 Å². The second kappa shape index (κ2) is 10.2. The van der Waals surface area contributed by atoms with Gasteiger partial charge in [0.2, 0.25) is 15.9 Å². The maximum atomic E-state index is 13.2. The Morgan fingerprint density at radius 1 is 1.16 bits per heavy atom. The molecule has 0 heterocycles. The standard InChI is InChI=1S/C22H29ClN2O5S/c1-7-19(25(31(6,27)28)20-12-16(23)9-8-14(20)2)22(26)24-15(3)18-13-17(29-4)10-11-21(18)30-5/h8-13,15,19H,7H2,1-6H3,(H,24,26)/t15-,19-/m1/s1. The number of carbonyl (C=O) groups excluding carboxylic acids is 1. The van der Waals surface area contributed by atoms with E-state index in [1.165, 1.54) is 0 Å². The summed E-state index contributed by atoms with van der Waals surface area (Å²) in [4.78, 5) is 13.2. The van der Waals surface area contributed by atoms with Crippen molar-refractivity contribution in [3.63, 3.8) is 0 Å². The zero-order valence-corrected chi connectivity index (χ0v) is 20.2. The molecule has 7 nitrogen and oxygen atoms in total. The number of aryl methyl sites for hydroxylation is 1. The Hall–Kier alpha value is -2.45. The van der Waals surface area contributed by atoms with Crippen molar-refractivity contribution < 1.29 is 22.7 Å². The van der Waals surface area contributed by atoms with E-state index in [1.54, 1.807) is 71.4 Å². The first-order chi connectivity index (χ1) is 14.5. The summed E-state index contributed by atoms with van der Waals surface area (Å²) in [6.07, 6.45) is 1.35. The maximum absolute atomic E-state index is 13.2.